The van der Waals surface area contributed by atoms with Gasteiger partial charge in [-0.3, -0.25) is 0 Å². The molecule has 1 atom stereocenters. The maximum atomic E-state index is 5.16. The Kier molecular flexibility index (Phi) is 3.59. The summed E-state index contributed by atoms with van der Waals surface area (Å²) in [6, 6.07) is 3.97. The zero-order valence-corrected chi connectivity index (χ0v) is 10.4. The van der Waals surface area contributed by atoms with Gasteiger partial charge in [0.25, 0.3) is 0 Å². The monoisotopic (exact) mass is 270 g/mol. The Morgan fingerprint density at radius 2 is 2.40 bits per heavy atom. The molecule has 1 aromatic rings. The largest absolute Gasteiger partial charge is 0.481 e. The van der Waals surface area contributed by atoms with Gasteiger partial charge in [0.1, 0.15) is 0 Å². The number of nitrogens with zero attached hydrogens (tertiary/aromatic N) is 1. The molecule has 0 aliphatic carbocycles. The van der Waals surface area contributed by atoms with Crippen LogP contribution in [0.4, 0.5) is 0 Å². The van der Waals surface area contributed by atoms with Gasteiger partial charge in [0.2, 0.25) is 5.88 Å². The molecule has 0 spiro atoms. The van der Waals surface area contributed by atoms with E-state index in [-0.39, 0.29) is 0 Å². The number of hydrogen-bond donors (Lipinski definition) is 1. The Morgan fingerprint density at radius 1 is 1.53 bits per heavy atom. The van der Waals surface area contributed by atoms with Crippen LogP contribution in [0.15, 0.2) is 16.6 Å². The molecule has 82 valence electrons. The topological polar surface area (TPSA) is 34.1 Å². The summed E-state index contributed by atoms with van der Waals surface area (Å²) in [5, 5.41) is 3.39. The molecular formula is C11H15BrN2O. The predicted molar refractivity (Wildman–Crippen MR) is 63.3 cm³/mol. The van der Waals surface area contributed by atoms with E-state index in [1.165, 1.54) is 12.8 Å². The summed E-state index contributed by atoms with van der Waals surface area (Å²) < 4.78 is 6.20. The molecule has 1 aliphatic rings. The van der Waals surface area contributed by atoms with Crippen molar-refractivity contribution in [3.05, 3.63) is 22.3 Å². The molecule has 15 heavy (non-hydrogen) atoms. The number of rotatable bonds is 2. The minimum atomic E-state index is 0.519. The third-order valence-electron chi connectivity index (χ3n) is 2.71. The Hall–Kier alpha value is -0.610. The number of hydrogen-bond acceptors (Lipinski definition) is 3. The fraction of sp³-hybridized carbons (Fsp3) is 0.545. The van der Waals surface area contributed by atoms with E-state index in [0.29, 0.717) is 11.8 Å². The van der Waals surface area contributed by atoms with Crippen molar-refractivity contribution in [3.8, 4) is 5.88 Å². The smallest absolute Gasteiger partial charge is 0.214 e. The summed E-state index contributed by atoms with van der Waals surface area (Å²) in [4.78, 5) is 4.48. The van der Waals surface area contributed by atoms with Crippen molar-refractivity contribution in [1.29, 1.82) is 0 Å². The summed E-state index contributed by atoms with van der Waals surface area (Å²) in [6.07, 6.45) is 2.43. The second-order valence-corrected chi connectivity index (χ2v) is 4.71. The van der Waals surface area contributed by atoms with Gasteiger partial charge in [-0.25, -0.2) is 4.98 Å². The molecule has 1 aliphatic heterocycles. The molecular weight excluding hydrogens is 256 g/mol. The molecule has 0 bridgehead atoms. The average Bonchev–Trinajstić information content (AvgIpc) is 2.29. The minimum Gasteiger partial charge on any atom is -0.481 e. The van der Waals surface area contributed by atoms with E-state index in [4.69, 9.17) is 4.74 Å². The van der Waals surface area contributed by atoms with Crippen LogP contribution in [0.3, 0.4) is 0 Å². The van der Waals surface area contributed by atoms with Gasteiger partial charge in [-0.2, -0.15) is 0 Å². The van der Waals surface area contributed by atoms with Crippen molar-refractivity contribution in [2.24, 2.45) is 0 Å². The van der Waals surface area contributed by atoms with Crippen LogP contribution in [0.25, 0.3) is 0 Å². The molecule has 3 nitrogen and oxygen atoms in total. The Balaban J connectivity index is 2.22. The van der Waals surface area contributed by atoms with Crippen LogP contribution in [0.2, 0.25) is 0 Å². The maximum absolute atomic E-state index is 5.16. The van der Waals surface area contributed by atoms with Crippen LogP contribution in [-0.4, -0.2) is 25.2 Å². The quantitative estimate of drug-likeness (QED) is 0.896. The Labute approximate surface area is 98.4 Å². The summed E-state index contributed by atoms with van der Waals surface area (Å²) >= 11 is 3.48. The fourth-order valence-electron chi connectivity index (χ4n) is 1.91. The van der Waals surface area contributed by atoms with E-state index < -0.39 is 0 Å². The molecule has 0 amide bonds. The molecule has 0 radical (unpaired) electrons. The van der Waals surface area contributed by atoms with Gasteiger partial charge >= 0.3 is 0 Å². The highest BCUT2D eigenvalue weighted by Gasteiger charge is 2.17. The average molecular weight is 271 g/mol. The second-order valence-electron chi connectivity index (χ2n) is 3.80. The first kappa shape index (κ1) is 10.9. The Bertz CT molecular complexity index is 337. The zero-order chi connectivity index (χ0) is 10.7. The van der Waals surface area contributed by atoms with E-state index in [0.717, 1.165) is 23.3 Å². The van der Waals surface area contributed by atoms with Gasteiger partial charge in [0, 0.05) is 28.7 Å². The fourth-order valence-corrected chi connectivity index (χ4v) is 2.34. The highest BCUT2D eigenvalue weighted by atomic mass is 79.9. The molecule has 1 fully saturated rings. The lowest BCUT2D eigenvalue weighted by molar-refractivity contribution is 0.389. The number of methoxy groups -OCH3 is 1. The van der Waals surface area contributed by atoms with Crippen molar-refractivity contribution >= 4 is 15.9 Å². The van der Waals surface area contributed by atoms with Gasteiger partial charge in [-0.15, -0.1) is 0 Å². The van der Waals surface area contributed by atoms with Gasteiger partial charge in [0.05, 0.1) is 7.11 Å². The van der Waals surface area contributed by atoms with Gasteiger partial charge in [-0.1, -0.05) is 15.9 Å². The highest BCUT2D eigenvalue weighted by molar-refractivity contribution is 9.10. The zero-order valence-electron chi connectivity index (χ0n) is 8.79. The molecule has 4 heteroatoms. The molecule has 1 aromatic heterocycles. The molecule has 1 saturated heterocycles. The van der Waals surface area contributed by atoms with Crippen molar-refractivity contribution in [2.75, 3.05) is 20.2 Å². The van der Waals surface area contributed by atoms with E-state index in [1.807, 2.05) is 6.07 Å². The molecule has 0 saturated carbocycles. The van der Waals surface area contributed by atoms with Crippen LogP contribution in [0, 0.1) is 0 Å². The standard InChI is InChI=1S/C11H15BrN2O/c1-15-11-6-9(12)5-10(14-11)8-3-2-4-13-7-8/h5-6,8,13H,2-4,7H2,1H3. The number of halogens is 1. The van der Waals surface area contributed by atoms with Crippen LogP contribution >= 0.6 is 15.9 Å². The lowest BCUT2D eigenvalue weighted by Crippen LogP contribution is -2.28. The van der Waals surface area contributed by atoms with Gasteiger partial charge < -0.3 is 10.1 Å². The first-order chi connectivity index (χ1) is 7.29. The number of pyridine rings is 1. The first-order valence-electron chi connectivity index (χ1n) is 5.22. The van der Waals surface area contributed by atoms with Gasteiger partial charge in [0.15, 0.2) is 0 Å². The molecule has 1 N–H and O–H groups in total. The molecule has 2 rings (SSSR count). The number of nitrogens with one attached hydrogen (secondary N) is 1. The van der Waals surface area contributed by atoms with E-state index in [9.17, 15) is 0 Å². The van der Waals surface area contributed by atoms with Crippen LogP contribution < -0.4 is 10.1 Å². The normalized spacial score (nSPS) is 21.3. The second kappa shape index (κ2) is 4.94. The van der Waals surface area contributed by atoms with Gasteiger partial charge in [-0.05, 0) is 25.5 Å². The van der Waals surface area contributed by atoms with Crippen molar-refractivity contribution < 1.29 is 4.74 Å². The maximum Gasteiger partial charge on any atom is 0.214 e. The number of ether oxygens (including phenoxy) is 1. The molecule has 0 aromatic carbocycles. The lowest BCUT2D eigenvalue weighted by atomic mass is 9.96. The van der Waals surface area contributed by atoms with Crippen molar-refractivity contribution in [3.63, 3.8) is 0 Å². The molecule has 1 unspecified atom stereocenters. The van der Waals surface area contributed by atoms with E-state index in [1.54, 1.807) is 7.11 Å². The summed E-state index contributed by atoms with van der Waals surface area (Å²) in [5.41, 5.74) is 1.12. The van der Waals surface area contributed by atoms with E-state index in [2.05, 4.69) is 32.3 Å². The predicted octanol–water partition coefficient (Wildman–Crippen LogP) is 2.32. The van der Waals surface area contributed by atoms with Crippen LogP contribution in [0.5, 0.6) is 5.88 Å². The number of aromatic nitrogens is 1. The SMILES string of the molecule is COc1cc(Br)cc(C2CCCNC2)n1. The van der Waals surface area contributed by atoms with Crippen LogP contribution in [0.1, 0.15) is 24.5 Å². The third kappa shape index (κ3) is 2.69. The van der Waals surface area contributed by atoms with Crippen molar-refractivity contribution in [2.45, 2.75) is 18.8 Å². The highest BCUT2D eigenvalue weighted by Crippen LogP contribution is 2.26. The minimum absolute atomic E-state index is 0.519. The summed E-state index contributed by atoms with van der Waals surface area (Å²) in [5.74, 6) is 1.20. The van der Waals surface area contributed by atoms with Crippen molar-refractivity contribution in [1.82, 2.24) is 10.3 Å². The van der Waals surface area contributed by atoms with Crippen LogP contribution in [-0.2, 0) is 0 Å². The summed E-state index contributed by atoms with van der Waals surface area (Å²) in [7, 11) is 1.65. The summed E-state index contributed by atoms with van der Waals surface area (Å²) in [6.45, 7) is 2.15. The lowest BCUT2D eigenvalue weighted by Gasteiger charge is -2.22. The first-order valence-corrected chi connectivity index (χ1v) is 6.01. The number of piperidine rings is 1. The third-order valence-corrected chi connectivity index (χ3v) is 3.17. The molecule has 2 heterocycles. The van der Waals surface area contributed by atoms with E-state index >= 15 is 0 Å². The Morgan fingerprint density at radius 3 is 3.07 bits per heavy atom.